The number of ether oxygens (including phenoxy) is 1. The van der Waals surface area contributed by atoms with Crippen LogP contribution in [0.2, 0.25) is 0 Å². The zero-order valence-corrected chi connectivity index (χ0v) is 17.8. The molecule has 0 bridgehead atoms. The highest BCUT2D eigenvalue weighted by Crippen LogP contribution is 2.32. The van der Waals surface area contributed by atoms with Gasteiger partial charge in [0.1, 0.15) is 11.6 Å². The minimum absolute atomic E-state index is 0.149. The van der Waals surface area contributed by atoms with Crippen LogP contribution >= 0.6 is 0 Å². The normalized spacial score (nSPS) is 12.9. The number of benzene rings is 2. The summed E-state index contributed by atoms with van der Waals surface area (Å²) in [5.74, 6) is -0.367. The van der Waals surface area contributed by atoms with Gasteiger partial charge in [0.05, 0.1) is 12.7 Å². The summed E-state index contributed by atoms with van der Waals surface area (Å²) < 4.78 is 7.48. The standard InChI is InChI=1S/C24H21N3O5/c1-26-22(25-13-14-8-10-15(32-3)11-9-14)20(23(30)27(2)24(26)31)18-12-19(28)21(29)17-7-5-4-6-16(17)18/h4-12,25H,13H2,1-3H3. The summed E-state index contributed by atoms with van der Waals surface area (Å²) in [7, 11) is 4.50. The molecule has 0 aliphatic heterocycles. The largest absolute Gasteiger partial charge is 0.497 e. The van der Waals surface area contributed by atoms with Crippen molar-refractivity contribution in [1.29, 1.82) is 0 Å². The lowest BCUT2D eigenvalue weighted by Gasteiger charge is -2.21. The maximum absolute atomic E-state index is 13.2. The second-order valence-corrected chi connectivity index (χ2v) is 7.43. The summed E-state index contributed by atoms with van der Waals surface area (Å²) in [4.78, 5) is 50.6. The average molecular weight is 431 g/mol. The number of nitrogens with one attached hydrogen (secondary N) is 1. The molecule has 3 aromatic rings. The highest BCUT2D eigenvalue weighted by molar-refractivity contribution is 6.51. The number of carbonyl (C=O) groups excluding carboxylic acids is 2. The van der Waals surface area contributed by atoms with Crippen molar-refractivity contribution in [3.8, 4) is 5.75 Å². The summed E-state index contributed by atoms with van der Waals surface area (Å²) in [6, 6.07) is 14.0. The number of carbonyl (C=O) groups is 2. The number of Topliss-reactive ketones (excluding diaryl/α,β-unsaturated/α-hetero) is 1. The summed E-state index contributed by atoms with van der Waals surface area (Å²) in [5, 5.41) is 3.17. The molecule has 1 aromatic heterocycles. The van der Waals surface area contributed by atoms with Crippen LogP contribution < -0.4 is 21.3 Å². The molecule has 0 fully saturated rings. The van der Waals surface area contributed by atoms with Gasteiger partial charge < -0.3 is 10.1 Å². The molecule has 32 heavy (non-hydrogen) atoms. The highest BCUT2D eigenvalue weighted by Gasteiger charge is 2.30. The van der Waals surface area contributed by atoms with Crippen LogP contribution in [0.1, 0.15) is 27.0 Å². The van der Waals surface area contributed by atoms with Crippen molar-refractivity contribution < 1.29 is 14.3 Å². The van der Waals surface area contributed by atoms with E-state index >= 15 is 0 Å². The van der Waals surface area contributed by atoms with E-state index in [0.29, 0.717) is 23.4 Å². The van der Waals surface area contributed by atoms with Gasteiger partial charge in [0.25, 0.3) is 5.56 Å². The van der Waals surface area contributed by atoms with E-state index in [1.165, 1.54) is 17.7 Å². The van der Waals surface area contributed by atoms with Crippen molar-refractivity contribution in [2.75, 3.05) is 12.4 Å². The van der Waals surface area contributed by atoms with Gasteiger partial charge in [0.2, 0.25) is 11.6 Å². The Morgan fingerprint density at radius 1 is 0.875 bits per heavy atom. The van der Waals surface area contributed by atoms with Gasteiger partial charge >= 0.3 is 5.69 Å². The molecule has 4 rings (SSSR count). The first-order valence-electron chi connectivity index (χ1n) is 9.90. The van der Waals surface area contributed by atoms with Gasteiger partial charge in [-0.3, -0.25) is 23.5 Å². The number of aromatic nitrogens is 2. The fourth-order valence-corrected chi connectivity index (χ4v) is 3.75. The Morgan fingerprint density at radius 3 is 2.19 bits per heavy atom. The molecule has 0 atom stereocenters. The van der Waals surface area contributed by atoms with Crippen LogP contribution in [0.15, 0.2) is 64.2 Å². The molecule has 1 heterocycles. The Kier molecular flexibility index (Phi) is 5.36. The van der Waals surface area contributed by atoms with Crippen molar-refractivity contribution in [1.82, 2.24) is 9.13 Å². The Morgan fingerprint density at radius 2 is 1.53 bits per heavy atom. The highest BCUT2D eigenvalue weighted by atomic mass is 16.5. The fourth-order valence-electron chi connectivity index (χ4n) is 3.75. The van der Waals surface area contributed by atoms with Crippen molar-refractivity contribution in [2.45, 2.75) is 6.54 Å². The van der Waals surface area contributed by atoms with Gasteiger partial charge in [-0.25, -0.2) is 4.79 Å². The number of hydrogen-bond donors (Lipinski definition) is 1. The number of rotatable bonds is 5. The summed E-state index contributed by atoms with van der Waals surface area (Å²) in [5.41, 5.74) is 0.980. The summed E-state index contributed by atoms with van der Waals surface area (Å²) >= 11 is 0. The molecule has 0 spiro atoms. The molecule has 0 amide bonds. The Balaban J connectivity index is 1.88. The number of hydrogen-bond acceptors (Lipinski definition) is 6. The molecule has 8 nitrogen and oxygen atoms in total. The molecule has 8 heteroatoms. The average Bonchev–Trinajstić information content (AvgIpc) is 2.82. The molecule has 1 aliphatic carbocycles. The van der Waals surface area contributed by atoms with Gasteiger partial charge in [0.15, 0.2) is 0 Å². The summed E-state index contributed by atoms with van der Waals surface area (Å²) in [6.45, 7) is 0.319. The Hall–Kier alpha value is -4.20. The van der Waals surface area contributed by atoms with Crippen LogP contribution in [0, 0.1) is 0 Å². The molecule has 0 saturated carbocycles. The lowest BCUT2D eigenvalue weighted by Crippen LogP contribution is -2.40. The van der Waals surface area contributed by atoms with Crippen molar-refractivity contribution in [3.05, 3.63) is 97.7 Å². The zero-order chi connectivity index (χ0) is 23.0. The van der Waals surface area contributed by atoms with Crippen LogP contribution in [-0.2, 0) is 25.4 Å². The minimum atomic E-state index is -0.712. The van der Waals surface area contributed by atoms with Crippen molar-refractivity contribution >= 4 is 23.0 Å². The molecule has 1 N–H and O–H groups in total. The maximum atomic E-state index is 13.2. The summed E-state index contributed by atoms with van der Waals surface area (Å²) in [6.07, 6.45) is 1.17. The predicted molar refractivity (Wildman–Crippen MR) is 120 cm³/mol. The zero-order valence-electron chi connectivity index (χ0n) is 17.8. The quantitative estimate of drug-likeness (QED) is 0.620. The first kappa shape index (κ1) is 21.0. The van der Waals surface area contributed by atoms with Gasteiger partial charge in [-0.15, -0.1) is 0 Å². The lowest BCUT2D eigenvalue weighted by atomic mass is 9.86. The topological polar surface area (TPSA) is 99.4 Å². The Labute approximate surface area is 183 Å². The van der Waals surface area contributed by atoms with E-state index in [0.717, 1.165) is 10.1 Å². The Bertz CT molecular complexity index is 1390. The minimum Gasteiger partial charge on any atom is -0.497 e. The molecule has 2 aromatic carbocycles. The lowest BCUT2D eigenvalue weighted by molar-refractivity contribution is -0.111. The van der Waals surface area contributed by atoms with E-state index in [4.69, 9.17) is 4.74 Å². The smallest absolute Gasteiger partial charge is 0.332 e. The van der Waals surface area contributed by atoms with Crippen LogP contribution in [0.25, 0.3) is 5.57 Å². The van der Waals surface area contributed by atoms with E-state index in [1.807, 2.05) is 24.3 Å². The number of methoxy groups -OCH3 is 1. The van der Waals surface area contributed by atoms with E-state index in [-0.39, 0.29) is 16.9 Å². The first-order valence-corrected chi connectivity index (χ1v) is 9.90. The number of allylic oxidation sites excluding steroid dienone is 1. The van der Waals surface area contributed by atoms with E-state index in [9.17, 15) is 19.2 Å². The molecule has 0 unspecified atom stereocenters. The maximum Gasteiger partial charge on any atom is 0.332 e. The van der Waals surface area contributed by atoms with Crippen LogP contribution in [0.4, 0.5) is 5.82 Å². The molecule has 1 aliphatic rings. The van der Waals surface area contributed by atoms with Crippen molar-refractivity contribution in [2.24, 2.45) is 14.1 Å². The van der Waals surface area contributed by atoms with Gasteiger partial charge in [-0.05, 0) is 29.3 Å². The van der Waals surface area contributed by atoms with Crippen LogP contribution in [0.3, 0.4) is 0 Å². The molecular formula is C24H21N3O5. The predicted octanol–water partition coefficient (Wildman–Crippen LogP) is 1.90. The van der Waals surface area contributed by atoms with Crippen molar-refractivity contribution in [3.63, 3.8) is 0 Å². The molecule has 0 radical (unpaired) electrons. The molecule has 0 saturated heterocycles. The molecule has 162 valence electrons. The van der Waals surface area contributed by atoms with E-state index in [2.05, 4.69) is 5.32 Å². The number of anilines is 1. The number of nitrogens with zero attached hydrogens (tertiary/aromatic N) is 2. The molecular weight excluding hydrogens is 410 g/mol. The number of fused-ring (bicyclic) bond motifs is 1. The second kappa shape index (κ2) is 8.14. The van der Waals surface area contributed by atoms with Crippen LogP contribution in [-0.4, -0.2) is 27.8 Å². The monoisotopic (exact) mass is 431 g/mol. The van der Waals surface area contributed by atoms with E-state index < -0.39 is 22.8 Å². The second-order valence-electron chi connectivity index (χ2n) is 7.43. The van der Waals surface area contributed by atoms with Gasteiger partial charge in [-0.1, -0.05) is 36.4 Å². The SMILES string of the molecule is COc1ccc(CNc2c(C3=CC(=O)C(=O)c4ccccc43)c(=O)n(C)c(=O)n2C)cc1. The third-order valence-electron chi connectivity index (χ3n) is 5.51. The van der Waals surface area contributed by atoms with E-state index in [1.54, 1.807) is 38.4 Å². The number of ketones is 2. The van der Waals surface area contributed by atoms with Crippen LogP contribution in [0.5, 0.6) is 5.75 Å². The third kappa shape index (κ3) is 3.45. The van der Waals surface area contributed by atoms with Gasteiger partial charge in [0, 0.05) is 31.8 Å². The van der Waals surface area contributed by atoms with Gasteiger partial charge in [-0.2, -0.15) is 0 Å². The third-order valence-corrected chi connectivity index (χ3v) is 5.51. The fraction of sp³-hybridized carbons (Fsp3) is 0.167. The first-order chi connectivity index (χ1) is 15.3.